The minimum atomic E-state index is -0.526. The van der Waals surface area contributed by atoms with Crippen molar-refractivity contribution in [2.45, 2.75) is 13.5 Å². The SMILES string of the molecule is CC(=O)n1nc(-c2ccccc2)c(F)c1NCc1ccccc1. The van der Waals surface area contributed by atoms with Crippen molar-refractivity contribution in [3.8, 4) is 11.3 Å². The molecular weight excluding hydrogens is 293 g/mol. The van der Waals surface area contributed by atoms with Gasteiger partial charge in [0, 0.05) is 19.0 Å². The van der Waals surface area contributed by atoms with Crippen molar-refractivity contribution in [2.75, 3.05) is 5.32 Å². The highest BCUT2D eigenvalue weighted by Crippen LogP contribution is 2.27. The van der Waals surface area contributed by atoms with Gasteiger partial charge in [-0.2, -0.15) is 9.78 Å². The number of nitrogens with zero attached hydrogens (tertiary/aromatic N) is 2. The minimum Gasteiger partial charge on any atom is -0.363 e. The molecule has 0 unspecified atom stereocenters. The third kappa shape index (κ3) is 3.13. The van der Waals surface area contributed by atoms with E-state index in [4.69, 9.17) is 0 Å². The number of anilines is 1. The second kappa shape index (κ2) is 6.44. The molecule has 0 saturated carbocycles. The van der Waals surface area contributed by atoms with Gasteiger partial charge >= 0.3 is 0 Å². The summed E-state index contributed by atoms with van der Waals surface area (Å²) in [6.45, 7) is 1.76. The fourth-order valence-corrected chi connectivity index (χ4v) is 2.34. The zero-order valence-electron chi connectivity index (χ0n) is 12.7. The fourth-order valence-electron chi connectivity index (χ4n) is 2.34. The molecule has 1 N–H and O–H groups in total. The molecule has 0 aliphatic carbocycles. The van der Waals surface area contributed by atoms with Crippen LogP contribution in [0.25, 0.3) is 11.3 Å². The summed E-state index contributed by atoms with van der Waals surface area (Å²) in [7, 11) is 0. The third-order valence-corrected chi connectivity index (χ3v) is 3.48. The van der Waals surface area contributed by atoms with E-state index >= 15 is 0 Å². The van der Waals surface area contributed by atoms with Crippen LogP contribution in [0.3, 0.4) is 0 Å². The Bertz CT molecular complexity index is 813. The monoisotopic (exact) mass is 309 g/mol. The Kier molecular flexibility index (Phi) is 4.19. The Balaban J connectivity index is 1.95. The average molecular weight is 309 g/mol. The van der Waals surface area contributed by atoms with E-state index in [1.54, 1.807) is 24.3 Å². The molecule has 4 nitrogen and oxygen atoms in total. The third-order valence-electron chi connectivity index (χ3n) is 3.48. The number of carbonyl (C=O) groups excluding carboxylic acids is 1. The molecule has 0 aliphatic rings. The zero-order chi connectivity index (χ0) is 16.2. The van der Waals surface area contributed by atoms with E-state index in [0.717, 1.165) is 10.2 Å². The van der Waals surface area contributed by atoms with Crippen molar-refractivity contribution in [3.63, 3.8) is 0 Å². The van der Waals surface area contributed by atoms with Gasteiger partial charge in [-0.05, 0) is 5.56 Å². The van der Waals surface area contributed by atoms with Gasteiger partial charge in [-0.1, -0.05) is 60.7 Å². The van der Waals surface area contributed by atoms with E-state index in [1.165, 1.54) is 6.92 Å². The topological polar surface area (TPSA) is 46.9 Å². The lowest BCUT2D eigenvalue weighted by Gasteiger charge is -2.07. The summed E-state index contributed by atoms with van der Waals surface area (Å²) in [6.07, 6.45) is 0. The number of rotatable bonds is 4. The molecule has 116 valence electrons. The second-order valence-electron chi connectivity index (χ2n) is 5.15. The quantitative estimate of drug-likeness (QED) is 0.793. The van der Waals surface area contributed by atoms with Crippen LogP contribution in [0.4, 0.5) is 10.2 Å². The molecule has 3 rings (SSSR count). The van der Waals surface area contributed by atoms with Gasteiger partial charge in [0.1, 0.15) is 5.69 Å². The van der Waals surface area contributed by atoms with Crippen molar-refractivity contribution in [2.24, 2.45) is 0 Å². The summed E-state index contributed by atoms with van der Waals surface area (Å²) in [4.78, 5) is 11.8. The normalized spacial score (nSPS) is 10.5. The summed E-state index contributed by atoms with van der Waals surface area (Å²) >= 11 is 0. The molecule has 0 saturated heterocycles. The van der Waals surface area contributed by atoms with Crippen LogP contribution in [0.1, 0.15) is 17.3 Å². The first-order valence-corrected chi connectivity index (χ1v) is 7.29. The van der Waals surface area contributed by atoms with Crippen molar-refractivity contribution in [1.29, 1.82) is 0 Å². The van der Waals surface area contributed by atoms with Crippen LogP contribution >= 0.6 is 0 Å². The Morgan fingerprint density at radius 1 is 1.09 bits per heavy atom. The lowest BCUT2D eigenvalue weighted by atomic mass is 10.1. The molecule has 1 aromatic heterocycles. The molecule has 3 aromatic rings. The number of carbonyl (C=O) groups is 1. The van der Waals surface area contributed by atoms with Gasteiger partial charge in [-0.15, -0.1) is 0 Å². The Morgan fingerprint density at radius 2 is 1.70 bits per heavy atom. The fraction of sp³-hybridized carbons (Fsp3) is 0.111. The highest BCUT2D eigenvalue weighted by molar-refractivity contribution is 5.81. The van der Waals surface area contributed by atoms with Crippen LogP contribution in [-0.2, 0) is 6.54 Å². The lowest BCUT2D eigenvalue weighted by Crippen LogP contribution is -2.13. The first kappa shape index (κ1) is 15.0. The maximum Gasteiger partial charge on any atom is 0.245 e. The number of benzene rings is 2. The predicted octanol–water partition coefficient (Wildman–Crippen LogP) is 3.96. The summed E-state index contributed by atoms with van der Waals surface area (Å²) in [6, 6.07) is 18.6. The van der Waals surface area contributed by atoms with E-state index in [0.29, 0.717) is 12.1 Å². The van der Waals surface area contributed by atoms with Gasteiger partial charge in [0.05, 0.1) is 0 Å². The molecule has 0 atom stereocenters. The van der Waals surface area contributed by atoms with Crippen molar-refractivity contribution in [1.82, 2.24) is 9.78 Å². The van der Waals surface area contributed by atoms with Gasteiger partial charge in [-0.3, -0.25) is 4.79 Å². The first-order valence-electron chi connectivity index (χ1n) is 7.29. The highest BCUT2D eigenvalue weighted by atomic mass is 19.1. The van der Waals surface area contributed by atoms with Crippen LogP contribution < -0.4 is 5.32 Å². The molecule has 5 heteroatoms. The molecule has 2 aromatic carbocycles. The number of nitrogens with one attached hydrogen (secondary N) is 1. The van der Waals surface area contributed by atoms with Gasteiger partial charge in [0.15, 0.2) is 11.6 Å². The number of hydrogen-bond donors (Lipinski definition) is 1. The minimum absolute atomic E-state index is 0.0835. The maximum absolute atomic E-state index is 14.7. The molecule has 0 aliphatic heterocycles. The summed E-state index contributed by atoms with van der Waals surface area (Å²) in [5.41, 5.74) is 1.79. The molecule has 0 radical (unpaired) electrons. The average Bonchev–Trinajstić information content (AvgIpc) is 2.92. The highest BCUT2D eigenvalue weighted by Gasteiger charge is 2.21. The van der Waals surface area contributed by atoms with Gasteiger partial charge < -0.3 is 5.32 Å². The molecule has 0 bridgehead atoms. The van der Waals surface area contributed by atoms with Crippen molar-refractivity contribution < 1.29 is 9.18 Å². The Hall–Kier alpha value is -2.95. The molecule has 23 heavy (non-hydrogen) atoms. The lowest BCUT2D eigenvalue weighted by molar-refractivity contribution is 0.0923. The Morgan fingerprint density at radius 3 is 2.30 bits per heavy atom. The molecular formula is C18H16FN3O. The van der Waals surface area contributed by atoms with E-state index < -0.39 is 5.82 Å². The van der Waals surface area contributed by atoms with Crippen LogP contribution in [0, 0.1) is 5.82 Å². The van der Waals surface area contributed by atoms with E-state index in [2.05, 4.69) is 10.4 Å². The maximum atomic E-state index is 14.7. The molecule has 1 heterocycles. The Labute approximate surface area is 133 Å². The van der Waals surface area contributed by atoms with E-state index in [-0.39, 0.29) is 17.4 Å². The first-order chi connectivity index (χ1) is 11.2. The summed E-state index contributed by atoms with van der Waals surface area (Å²) in [5.74, 6) is -0.788. The number of hydrogen-bond acceptors (Lipinski definition) is 3. The molecule has 0 fully saturated rings. The molecule has 0 amide bonds. The van der Waals surface area contributed by atoms with Crippen molar-refractivity contribution in [3.05, 3.63) is 72.0 Å². The van der Waals surface area contributed by atoms with Crippen LogP contribution in [-0.4, -0.2) is 15.7 Å². The largest absolute Gasteiger partial charge is 0.363 e. The summed E-state index contributed by atoms with van der Waals surface area (Å²) in [5, 5.41) is 7.10. The second-order valence-corrected chi connectivity index (χ2v) is 5.15. The van der Waals surface area contributed by atoms with Crippen LogP contribution in [0.2, 0.25) is 0 Å². The van der Waals surface area contributed by atoms with Crippen LogP contribution in [0.15, 0.2) is 60.7 Å². The van der Waals surface area contributed by atoms with Crippen LogP contribution in [0.5, 0.6) is 0 Å². The van der Waals surface area contributed by atoms with Crippen molar-refractivity contribution >= 4 is 11.7 Å². The molecule has 0 spiro atoms. The van der Waals surface area contributed by atoms with Gasteiger partial charge in [0.2, 0.25) is 5.91 Å². The van der Waals surface area contributed by atoms with Gasteiger partial charge in [-0.25, -0.2) is 4.39 Å². The van der Waals surface area contributed by atoms with E-state index in [1.807, 2.05) is 36.4 Å². The van der Waals surface area contributed by atoms with Gasteiger partial charge in [0.25, 0.3) is 0 Å². The summed E-state index contributed by atoms with van der Waals surface area (Å²) < 4.78 is 15.8. The standard InChI is InChI=1S/C18H16FN3O/c1-13(23)22-18(20-12-14-8-4-2-5-9-14)16(19)17(21-22)15-10-6-3-7-11-15/h2-11,20H,12H2,1H3. The zero-order valence-corrected chi connectivity index (χ0v) is 12.7. The number of halogens is 1. The van der Waals surface area contributed by atoms with E-state index in [9.17, 15) is 9.18 Å². The predicted molar refractivity (Wildman–Crippen MR) is 87.7 cm³/mol. The number of aromatic nitrogens is 2. The smallest absolute Gasteiger partial charge is 0.245 e.